The number of fused-ring (bicyclic) bond motifs is 2. The van der Waals surface area contributed by atoms with Crippen molar-refractivity contribution in [2.24, 2.45) is 14.1 Å². The van der Waals surface area contributed by atoms with E-state index in [2.05, 4.69) is 10.3 Å². The summed E-state index contributed by atoms with van der Waals surface area (Å²) >= 11 is 0. The van der Waals surface area contributed by atoms with Crippen molar-refractivity contribution in [3.8, 4) is 0 Å². The molecule has 0 radical (unpaired) electrons. The first kappa shape index (κ1) is 14.4. The lowest BCUT2D eigenvalue weighted by Crippen LogP contribution is -2.39. The Hall–Kier alpha value is -3.22. The van der Waals surface area contributed by atoms with Crippen LogP contribution < -0.4 is 11.1 Å². The molecule has 4 rings (SSSR count). The van der Waals surface area contributed by atoms with Crippen LogP contribution >= 0.6 is 0 Å². The molecule has 0 bridgehead atoms. The smallest absolute Gasteiger partial charge is 0.305 e. The van der Waals surface area contributed by atoms with Crippen LogP contribution in [0.5, 0.6) is 0 Å². The van der Waals surface area contributed by atoms with Gasteiger partial charge in [0.2, 0.25) is 0 Å². The molecule has 0 aliphatic rings. The molecule has 120 valence electrons. The number of aromatic nitrogens is 5. The van der Waals surface area contributed by atoms with Crippen LogP contribution in [0.4, 0.5) is 0 Å². The Kier molecular flexibility index (Phi) is 3.09. The molecule has 0 amide bonds. The fourth-order valence-corrected chi connectivity index (χ4v) is 2.91. The molecule has 0 saturated heterocycles. The molecule has 7 heteroatoms. The molecule has 2 aromatic heterocycles. The third-order valence-corrected chi connectivity index (χ3v) is 4.30. The zero-order chi connectivity index (χ0) is 16.8. The zero-order valence-corrected chi connectivity index (χ0v) is 13.3. The highest BCUT2D eigenvalue weighted by molar-refractivity contribution is 5.91. The quantitative estimate of drug-likeness (QED) is 0.517. The standard InChI is InChI=1S/C17H15N5O2/c1-20-14-8-12-13(9-15(14)21(2)17(24)16(20)23)22(19-18-12)10-11-6-4-3-5-7-11/h3-9H,10H2,1-2H3. The summed E-state index contributed by atoms with van der Waals surface area (Å²) in [6, 6.07) is 13.6. The Bertz CT molecular complexity index is 1190. The van der Waals surface area contributed by atoms with E-state index in [0.29, 0.717) is 23.1 Å². The molecule has 0 saturated carbocycles. The average Bonchev–Trinajstić information content (AvgIpc) is 3.00. The minimum atomic E-state index is -0.555. The van der Waals surface area contributed by atoms with Gasteiger partial charge in [0.1, 0.15) is 5.52 Å². The lowest BCUT2D eigenvalue weighted by Gasteiger charge is -2.09. The van der Waals surface area contributed by atoms with Crippen molar-refractivity contribution in [1.29, 1.82) is 0 Å². The van der Waals surface area contributed by atoms with Crippen molar-refractivity contribution in [3.05, 3.63) is 68.7 Å². The van der Waals surface area contributed by atoms with Gasteiger partial charge < -0.3 is 9.13 Å². The van der Waals surface area contributed by atoms with E-state index in [1.165, 1.54) is 9.13 Å². The molecule has 0 unspecified atom stereocenters. The van der Waals surface area contributed by atoms with Gasteiger partial charge >= 0.3 is 11.1 Å². The van der Waals surface area contributed by atoms with Crippen molar-refractivity contribution in [2.45, 2.75) is 6.54 Å². The highest BCUT2D eigenvalue weighted by Crippen LogP contribution is 2.19. The predicted octanol–water partition coefficient (Wildman–Crippen LogP) is 1.03. The number of aryl methyl sites for hydroxylation is 2. The minimum Gasteiger partial charge on any atom is -0.305 e. The lowest BCUT2D eigenvalue weighted by atomic mass is 10.2. The molecule has 0 aliphatic carbocycles. The van der Waals surface area contributed by atoms with Crippen LogP contribution in [0, 0.1) is 0 Å². The summed E-state index contributed by atoms with van der Waals surface area (Å²) in [5, 5.41) is 8.41. The predicted molar refractivity (Wildman–Crippen MR) is 91.1 cm³/mol. The lowest BCUT2D eigenvalue weighted by molar-refractivity contribution is 0.670. The maximum absolute atomic E-state index is 12.0. The summed E-state index contributed by atoms with van der Waals surface area (Å²) in [6.45, 7) is 0.586. The second kappa shape index (κ2) is 5.16. The normalized spacial score (nSPS) is 11.4. The highest BCUT2D eigenvalue weighted by Gasteiger charge is 2.13. The average molecular weight is 321 g/mol. The van der Waals surface area contributed by atoms with Crippen molar-refractivity contribution in [1.82, 2.24) is 24.1 Å². The maximum Gasteiger partial charge on any atom is 0.316 e. The van der Waals surface area contributed by atoms with Gasteiger partial charge in [-0.25, -0.2) is 4.68 Å². The monoisotopic (exact) mass is 321 g/mol. The molecule has 4 aromatic rings. The van der Waals surface area contributed by atoms with Crippen LogP contribution in [0.15, 0.2) is 52.1 Å². The molecule has 0 aliphatic heterocycles. The molecular formula is C17H15N5O2. The molecule has 7 nitrogen and oxygen atoms in total. The van der Waals surface area contributed by atoms with Crippen molar-refractivity contribution < 1.29 is 0 Å². The highest BCUT2D eigenvalue weighted by atomic mass is 16.2. The van der Waals surface area contributed by atoms with E-state index in [-0.39, 0.29) is 0 Å². The second-order valence-electron chi connectivity index (χ2n) is 5.79. The van der Waals surface area contributed by atoms with Gasteiger partial charge in [-0.15, -0.1) is 5.10 Å². The minimum absolute atomic E-state index is 0.550. The number of hydrogen-bond acceptors (Lipinski definition) is 4. The van der Waals surface area contributed by atoms with Crippen LogP contribution in [0.3, 0.4) is 0 Å². The molecule has 0 spiro atoms. The van der Waals surface area contributed by atoms with E-state index in [0.717, 1.165) is 11.1 Å². The second-order valence-corrected chi connectivity index (χ2v) is 5.79. The molecule has 24 heavy (non-hydrogen) atoms. The Morgan fingerprint density at radius 1 is 0.875 bits per heavy atom. The summed E-state index contributed by atoms with van der Waals surface area (Å²) in [4.78, 5) is 24.0. The third-order valence-electron chi connectivity index (χ3n) is 4.30. The number of hydrogen-bond donors (Lipinski definition) is 0. The molecule has 0 fully saturated rings. The van der Waals surface area contributed by atoms with Crippen LogP contribution in [0.2, 0.25) is 0 Å². The van der Waals surface area contributed by atoms with Gasteiger partial charge in [-0.2, -0.15) is 0 Å². The fraction of sp³-hybridized carbons (Fsp3) is 0.176. The van der Waals surface area contributed by atoms with Gasteiger partial charge in [0.05, 0.1) is 23.1 Å². The summed E-state index contributed by atoms with van der Waals surface area (Å²) in [6.07, 6.45) is 0. The Morgan fingerprint density at radius 2 is 1.50 bits per heavy atom. The number of rotatable bonds is 2. The molecule has 2 aromatic carbocycles. The van der Waals surface area contributed by atoms with Gasteiger partial charge in [0, 0.05) is 14.1 Å². The largest absolute Gasteiger partial charge is 0.316 e. The van der Waals surface area contributed by atoms with Crippen molar-refractivity contribution in [2.75, 3.05) is 0 Å². The van der Waals surface area contributed by atoms with Gasteiger partial charge in [0.25, 0.3) is 0 Å². The van der Waals surface area contributed by atoms with Gasteiger partial charge in [-0.3, -0.25) is 9.59 Å². The first-order chi connectivity index (χ1) is 11.6. The van der Waals surface area contributed by atoms with Crippen molar-refractivity contribution in [3.63, 3.8) is 0 Å². The summed E-state index contributed by atoms with van der Waals surface area (Å²) in [7, 11) is 3.19. The topological polar surface area (TPSA) is 74.7 Å². The van der Waals surface area contributed by atoms with Gasteiger partial charge in [-0.05, 0) is 17.7 Å². The Balaban J connectivity index is 1.99. The van der Waals surface area contributed by atoms with Crippen LogP contribution in [-0.4, -0.2) is 24.1 Å². The van der Waals surface area contributed by atoms with E-state index in [9.17, 15) is 9.59 Å². The SMILES string of the molecule is Cn1c(=O)c(=O)n(C)c2cc3c(cc21)nnn3Cc1ccccc1. The van der Waals surface area contributed by atoms with Crippen LogP contribution in [-0.2, 0) is 20.6 Å². The van der Waals surface area contributed by atoms with E-state index in [1.54, 1.807) is 24.8 Å². The van der Waals surface area contributed by atoms with E-state index < -0.39 is 11.1 Å². The van der Waals surface area contributed by atoms with Crippen molar-refractivity contribution >= 4 is 22.1 Å². The van der Waals surface area contributed by atoms with Gasteiger partial charge in [-0.1, -0.05) is 35.5 Å². The zero-order valence-electron chi connectivity index (χ0n) is 13.3. The summed E-state index contributed by atoms with van der Waals surface area (Å²) < 4.78 is 4.52. The maximum atomic E-state index is 12.0. The van der Waals surface area contributed by atoms with Crippen LogP contribution in [0.25, 0.3) is 22.1 Å². The van der Waals surface area contributed by atoms with Crippen LogP contribution in [0.1, 0.15) is 5.56 Å². The molecule has 0 atom stereocenters. The third kappa shape index (κ3) is 2.05. The summed E-state index contributed by atoms with van der Waals surface area (Å²) in [5.41, 5.74) is 2.84. The molecular weight excluding hydrogens is 306 g/mol. The van der Waals surface area contributed by atoms with E-state index in [4.69, 9.17) is 0 Å². The first-order valence-electron chi connectivity index (χ1n) is 7.53. The molecule has 2 heterocycles. The number of benzene rings is 2. The Labute approximate surface area is 136 Å². The Morgan fingerprint density at radius 3 is 2.17 bits per heavy atom. The summed E-state index contributed by atoms with van der Waals surface area (Å²) in [5.74, 6) is 0. The van der Waals surface area contributed by atoms with E-state index in [1.807, 2.05) is 36.4 Å². The van der Waals surface area contributed by atoms with Gasteiger partial charge in [0.15, 0.2) is 0 Å². The fourth-order valence-electron chi connectivity index (χ4n) is 2.91. The molecule has 0 N–H and O–H groups in total. The number of nitrogens with zero attached hydrogens (tertiary/aromatic N) is 5. The first-order valence-corrected chi connectivity index (χ1v) is 7.53. The van der Waals surface area contributed by atoms with E-state index >= 15 is 0 Å².